The van der Waals surface area contributed by atoms with Crippen molar-refractivity contribution in [3.63, 3.8) is 0 Å². The predicted molar refractivity (Wildman–Crippen MR) is 106 cm³/mol. The quantitative estimate of drug-likeness (QED) is 0.658. The van der Waals surface area contributed by atoms with Crippen molar-refractivity contribution < 1.29 is 9.18 Å². The van der Waals surface area contributed by atoms with Gasteiger partial charge in [0, 0.05) is 11.8 Å². The molecule has 140 valence electrons. The minimum atomic E-state index is -0.477. The van der Waals surface area contributed by atoms with Crippen molar-refractivity contribution in [1.82, 2.24) is 10.3 Å². The highest BCUT2D eigenvalue weighted by molar-refractivity contribution is 5.92. The smallest absolute Gasteiger partial charge is 0.231 e. The molecule has 1 heterocycles. The van der Waals surface area contributed by atoms with E-state index in [1.54, 1.807) is 12.1 Å². The van der Waals surface area contributed by atoms with Gasteiger partial charge in [0.05, 0.1) is 11.0 Å². The molecule has 4 heteroatoms. The van der Waals surface area contributed by atoms with Gasteiger partial charge in [-0.3, -0.25) is 4.79 Å². The third kappa shape index (κ3) is 2.80. The summed E-state index contributed by atoms with van der Waals surface area (Å²) >= 11 is 0. The van der Waals surface area contributed by atoms with Crippen LogP contribution in [-0.2, 0) is 15.7 Å². The lowest BCUT2D eigenvalue weighted by molar-refractivity contribution is -0.124. The first kappa shape index (κ1) is 17.1. The van der Waals surface area contributed by atoms with E-state index in [0.29, 0.717) is 5.56 Å². The molecule has 3 aromatic rings. The fraction of sp³-hybridized carbons (Fsp3) is 0.250. The summed E-state index contributed by atoms with van der Waals surface area (Å²) in [6.07, 6.45) is 5.04. The molecule has 1 amide bonds. The summed E-state index contributed by atoms with van der Waals surface area (Å²) in [4.78, 5) is 16.9. The van der Waals surface area contributed by atoms with E-state index >= 15 is 0 Å². The Balaban J connectivity index is 1.42. The first-order valence-electron chi connectivity index (χ1n) is 9.73. The van der Waals surface area contributed by atoms with Crippen LogP contribution in [0.25, 0.3) is 11.1 Å². The number of rotatable bonds is 5. The number of carbonyl (C=O) groups is 1. The molecule has 0 bridgehead atoms. The zero-order chi connectivity index (χ0) is 19.2. The third-order valence-electron chi connectivity index (χ3n) is 6.10. The van der Waals surface area contributed by atoms with E-state index in [0.717, 1.165) is 42.4 Å². The van der Waals surface area contributed by atoms with Crippen LogP contribution < -0.4 is 5.32 Å². The average Bonchev–Trinajstić information content (AvgIpc) is 3.65. The molecule has 2 saturated carbocycles. The lowest BCUT2D eigenvalue weighted by atomic mass is 9.93. The zero-order valence-electron chi connectivity index (χ0n) is 15.5. The molecule has 0 aliphatic heterocycles. The highest BCUT2D eigenvalue weighted by Crippen LogP contribution is 2.52. The molecule has 0 saturated heterocycles. The fourth-order valence-corrected chi connectivity index (χ4v) is 4.06. The molecule has 2 fully saturated rings. The number of hydrogen-bond acceptors (Lipinski definition) is 2. The summed E-state index contributed by atoms with van der Waals surface area (Å²) in [6.45, 7) is 0. The summed E-state index contributed by atoms with van der Waals surface area (Å²) in [5.41, 5.74) is 2.67. The number of aromatic nitrogens is 1. The van der Waals surface area contributed by atoms with Crippen molar-refractivity contribution >= 4 is 5.91 Å². The van der Waals surface area contributed by atoms with Crippen LogP contribution in [0.3, 0.4) is 0 Å². The van der Waals surface area contributed by atoms with Gasteiger partial charge < -0.3 is 5.32 Å². The van der Waals surface area contributed by atoms with Crippen LogP contribution in [-0.4, -0.2) is 10.9 Å². The largest absolute Gasteiger partial charge is 0.346 e. The lowest BCUT2D eigenvalue weighted by Crippen LogP contribution is -2.41. The molecule has 2 aliphatic carbocycles. The van der Waals surface area contributed by atoms with Crippen LogP contribution in [0.15, 0.2) is 72.9 Å². The van der Waals surface area contributed by atoms with Crippen LogP contribution in [0.2, 0.25) is 0 Å². The third-order valence-corrected chi connectivity index (χ3v) is 6.10. The number of nitrogens with zero attached hydrogens (tertiary/aromatic N) is 1. The van der Waals surface area contributed by atoms with Gasteiger partial charge in [0.2, 0.25) is 11.9 Å². The summed E-state index contributed by atoms with van der Waals surface area (Å²) in [6, 6.07) is 21.3. The van der Waals surface area contributed by atoms with E-state index in [1.807, 2.05) is 54.6 Å². The van der Waals surface area contributed by atoms with E-state index in [-0.39, 0.29) is 16.9 Å². The van der Waals surface area contributed by atoms with Crippen molar-refractivity contribution in [2.45, 2.75) is 36.6 Å². The number of hydrogen-bond donors (Lipinski definition) is 1. The normalized spacial score (nSPS) is 18.3. The predicted octanol–water partition coefficient (Wildman–Crippen LogP) is 4.72. The highest BCUT2D eigenvalue weighted by atomic mass is 19.1. The number of amides is 1. The number of pyridine rings is 1. The Hall–Kier alpha value is -3.01. The molecule has 5 rings (SSSR count). The van der Waals surface area contributed by atoms with Gasteiger partial charge in [0.1, 0.15) is 0 Å². The maximum Gasteiger partial charge on any atom is 0.231 e. The summed E-state index contributed by atoms with van der Waals surface area (Å²) in [5, 5.41) is 3.33. The van der Waals surface area contributed by atoms with Crippen LogP contribution in [0.1, 0.15) is 36.8 Å². The first-order chi connectivity index (χ1) is 13.6. The Morgan fingerprint density at radius 3 is 2.32 bits per heavy atom. The van der Waals surface area contributed by atoms with Crippen LogP contribution in [0.4, 0.5) is 4.39 Å². The van der Waals surface area contributed by atoms with Gasteiger partial charge in [-0.05, 0) is 60.6 Å². The number of benzene rings is 2. The van der Waals surface area contributed by atoms with Gasteiger partial charge in [-0.15, -0.1) is 0 Å². The van der Waals surface area contributed by atoms with Crippen molar-refractivity contribution in [3.8, 4) is 11.1 Å². The van der Waals surface area contributed by atoms with Crippen molar-refractivity contribution in [2.24, 2.45) is 0 Å². The van der Waals surface area contributed by atoms with E-state index in [4.69, 9.17) is 0 Å². The van der Waals surface area contributed by atoms with Gasteiger partial charge in [-0.1, -0.05) is 48.5 Å². The summed E-state index contributed by atoms with van der Waals surface area (Å²) in [5.74, 6) is -0.372. The molecule has 0 radical (unpaired) electrons. The van der Waals surface area contributed by atoms with Crippen LogP contribution in [0, 0.1) is 5.95 Å². The van der Waals surface area contributed by atoms with E-state index in [9.17, 15) is 9.18 Å². The molecule has 0 atom stereocenters. The SMILES string of the molecule is O=C(NC1(c2cccc(-c3cccnc3F)c2)CC1)C1(c2ccccc2)CC1. The van der Waals surface area contributed by atoms with Crippen molar-refractivity contribution in [1.29, 1.82) is 0 Å². The molecule has 0 unspecified atom stereocenters. The van der Waals surface area contributed by atoms with Gasteiger partial charge >= 0.3 is 0 Å². The van der Waals surface area contributed by atoms with Gasteiger partial charge in [0.25, 0.3) is 0 Å². The summed E-state index contributed by atoms with van der Waals surface area (Å²) < 4.78 is 14.1. The molecular weight excluding hydrogens is 351 g/mol. The maximum absolute atomic E-state index is 14.1. The van der Waals surface area contributed by atoms with Crippen molar-refractivity contribution in [2.75, 3.05) is 0 Å². The van der Waals surface area contributed by atoms with Crippen LogP contribution >= 0.6 is 0 Å². The molecule has 28 heavy (non-hydrogen) atoms. The van der Waals surface area contributed by atoms with E-state index in [1.165, 1.54) is 6.20 Å². The Labute approximate surface area is 163 Å². The molecular formula is C24H21FN2O. The Morgan fingerprint density at radius 1 is 0.893 bits per heavy atom. The van der Waals surface area contributed by atoms with Gasteiger partial charge in [0.15, 0.2) is 0 Å². The number of halogens is 1. The molecule has 2 aliphatic rings. The van der Waals surface area contributed by atoms with Crippen LogP contribution in [0.5, 0.6) is 0 Å². The first-order valence-corrected chi connectivity index (χ1v) is 9.73. The zero-order valence-corrected chi connectivity index (χ0v) is 15.5. The fourth-order valence-electron chi connectivity index (χ4n) is 4.06. The second kappa shape index (κ2) is 6.26. The molecule has 0 spiro atoms. The number of carbonyl (C=O) groups excluding carboxylic acids is 1. The molecule has 1 N–H and O–H groups in total. The lowest BCUT2D eigenvalue weighted by Gasteiger charge is -2.23. The highest BCUT2D eigenvalue weighted by Gasteiger charge is 2.55. The molecule has 2 aromatic carbocycles. The average molecular weight is 372 g/mol. The maximum atomic E-state index is 14.1. The molecule has 1 aromatic heterocycles. The Kier molecular flexibility index (Phi) is 3.83. The second-order valence-electron chi connectivity index (χ2n) is 7.91. The minimum Gasteiger partial charge on any atom is -0.346 e. The Bertz CT molecular complexity index is 1040. The van der Waals surface area contributed by atoms with Crippen molar-refractivity contribution in [3.05, 3.63) is 90.0 Å². The van der Waals surface area contributed by atoms with E-state index in [2.05, 4.69) is 10.3 Å². The minimum absolute atomic E-state index is 0.106. The van der Waals surface area contributed by atoms with E-state index < -0.39 is 5.95 Å². The van der Waals surface area contributed by atoms with Gasteiger partial charge in [-0.25, -0.2) is 4.98 Å². The topological polar surface area (TPSA) is 42.0 Å². The number of nitrogens with one attached hydrogen (secondary N) is 1. The standard InChI is InChI=1S/C24H21FN2O/c25-21-20(10-5-15-26-21)17-6-4-9-19(16-17)24(13-14-24)27-22(28)23(11-12-23)18-7-2-1-3-8-18/h1-10,15-16H,11-14H2,(H,27,28). The van der Waals surface area contributed by atoms with Gasteiger partial charge in [-0.2, -0.15) is 4.39 Å². The Morgan fingerprint density at radius 2 is 1.64 bits per heavy atom. The monoisotopic (exact) mass is 372 g/mol. The second-order valence-corrected chi connectivity index (χ2v) is 7.91. The summed E-state index contributed by atoms with van der Waals surface area (Å²) in [7, 11) is 0. The molecule has 3 nitrogen and oxygen atoms in total.